The number of aliphatic hydroxyl groups excluding tert-OH is 6. The Bertz CT molecular complexity index is 1680. The van der Waals surface area contributed by atoms with Gasteiger partial charge < -0.3 is 69.0 Å². The van der Waals surface area contributed by atoms with E-state index in [1.54, 1.807) is 30.3 Å². The molecule has 3 aromatic rings. The Morgan fingerprint density at radius 1 is 0.896 bits per heavy atom. The minimum atomic E-state index is -1.88. The molecule has 2 fully saturated rings. The molecule has 48 heavy (non-hydrogen) atoms. The van der Waals surface area contributed by atoms with Crippen LogP contribution in [0.2, 0.25) is 0 Å². The van der Waals surface area contributed by atoms with E-state index in [1.165, 1.54) is 14.0 Å². The topological polar surface area (TPSA) is 238 Å². The number of allylic oxidation sites excluding steroid dienone is 2. The molecular weight excluding hydrogens is 636 g/mol. The van der Waals surface area contributed by atoms with E-state index >= 15 is 0 Å². The van der Waals surface area contributed by atoms with Crippen molar-refractivity contribution >= 4 is 11.0 Å². The first-order valence-electron chi connectivity index (χ1n) is 15.2. The molecule has 0 radical (unpaired) electrons. The maximum absolute atomic E-state index is 14.3. The van der Waals surface area contributed by atoms with Crippen LogP contribution in [0.5, 0.6) is 23.0 Å². The molecule has 2 aliphatic rings. The Balaban J connectivity index is 1.65. The standard InChI is InChI=1S/C33H40O15/c1-13(2)5-10-17-18(35)11-19(36)21-24(39)30(28(46-29(17)21)15-6-8-16(43-4)9-7-15)47-33-31(26(41)22(37)14(3)44-33)48-32-27(42)25(40)23(38)20(12-34)45-32/h5-9,11,14,20,22-23,25-27,31-38,40-42H,10,12H2,1-4H3/t14-,20-,22-,23-,25+,26+,27-,31+,32+,33+/m1/s1. The molecular formula is C33H40O15. The van der Waals surface area contributed by atoms with Gasteiger partial charge in [0.1, 0.15) is 64.8 Å². The lowest BCUT2D eigenvalue weighted by atomic mass is 9.97. The van der Waals surface area contributed by atoms with Crippen molar-refractivity contribution in [3.05, 3.63) is 57.8 Å². The number of aliphatic hydroxyl groups is 6. The number of aromatic hydroxyl groups is 2. The largest absolute Gasteiger partial charge is 0.507 e. The Labute approximate surface area is 274 Å². The van der Waals surface area contributed by atoms with Crippen LogP contribution in [-0.2, 0) is 20.6 Å². The molecule has 2 aliphatic heterocycles. The Morgan fingerprint density at radius 2 is 1.58 bits per heavy atom. The second-order valence-electron chi connectivity index (χ2n) is 12.0. The number of hydrogen-bond donors (Lipinski definition) is 8. The molecule has 0 bridgehead atoms. The van der Waals surface area contributed by atoms with Gasteiger partial charge in [-0.2, -0.15) is 0 Å². The molecule has 0 spiro atoms. The lowest BCUT2D eigenvalue weighted by Gasteiger charge is -2.45. The number of hydrogen-bond acceptors (Lipinski definition) is 15. The highest BCUT2D eigenvalue weighted by Crippen LogP contribution is 2.41. The number of methoxy groups -OCH3 is 1. The van der Waals surface area contributed by atoms with E-state index in [4.69, 9.17) is 28.1 Å². The average molecular weight is 677 g/mol. The minimum Gasteiger partial charge on any atom is -0.507 e. The molecule has 15 nitrogen and oxygen atoms in total. The first kappa shape index (κ1) is 35.5. The fraction of sp³-hybridized carbons (Fsp3) is 0.485. The van der Waals surface area contributed by atoms with Crippen molar-refractivity contribution in [2.75, 3.05) is 13.7 Å². The summed E-state index contributed by atoms with van der Waals surface area (Å²) < 4.78 is 34.6. The molecule has 5 rings (SSSR count). The third kappa shape index (κ3) is 6.74. The van der Waals surface area contributed by atoms with E-state index in [9.17, 15) is 45.6 Å². The van der Waals surface area contributed by atoms with Gasteiger partial charge in [-0.1, -0.05) is 11.6 Å². The number of phenols is 2. The van der Waals surface area contributed by atoms with Crippen molar-refractivity contribution in [1.82, 2.24) is 0 Å². The molecule has 15 heteroatoms. The zero-order chi connectivity index (χ0) is 35.0. The number of phenolic OH excluding ortho intramolecular Hbond substituents is 2. The van der Waals surface area contributed by atoms with Gasteiger partial charge in [0, 0.05) is 17.2 Å². The summed E-state index contributed by atoms with van der Waals surface area (Å²) >= 11 is 0. The van der Waals surface area contributed by atoms with Gasteiger partial charge in [0.2, 0.25) is 17.5 Å². The lowest BCUT2D eigenvalue weighted by molar-refractivity contribution is -0.355. The fourth-order valence-corrected chi connectivity index (χ4v) is 5.61. The lowest BCUT2D eigenvalue weighted by Crippen LogP contribution is -2.64. The summed E-state index contributed by atoms with van der Waals surface area (Å²) in [6.45, 7) is 4.37. The molecule has 0 amide bonds. The second kappa shape index (κ2) is 14.4. The van der Waals surface area contributed by atoms with Gasteiger partial charge in [0.15, 0.2) is 18.2 Å². The third-order valence-corrected chi connectivity index (χ3v) is 8.41. The summed E-state index contributed by atoms with van der Waals surface area (Å²) in [7, 11) is 1.47. The van der Waals surface area contributed by atoms with Gasteiger partial charge in [-0.15, -0.1) is 0 Å². The molecule has 1 aromatic heterocycles. The monoisotopic (exact) mass is 676 g/mol. The number of rotatable bonds is 9. The quantitative estimate of drug-likeness (QED) is 0.143. The van der Waals surface area contributed by atoms with Crippen LogP contribution in [0.4, 0.5) is 0 Å². The van der Waals surface area contributed by atoms with Gasteiger partial charge in [-0.25, -0.2) is 0 Å². The average Bonchev–Trinajstić information content (AvgIpc) is 3.05. The van der Waals surface area contributed by atoms with Crippen molar-refractivity contribution in [3.63, 3.8) is 0 Å². The van der Waals surface area contributed by atoms with Gasteiger partial charge in [0.25, 0.3) is 0 Å². The Morgan fingerprint density at radius 3 is 2.21 bits per heavy atom. The van der Waals surface area contributed by atoms with Crippen LogP contribution in [0, 0.1) is 0 Å². The molecule has 10 atom stereocenters. The summed E-state index contributed by atoms with van der Waals surface area (Å²) in [5.74, 6) is -1.11. The van der Waals surface area contributed by atoms with Crippen LogP contribution in [0.25, 0.3) is 22.3 Å². The van der Waals surface area contributed by atoms with E-state index in [2.05, 4.69) is 0 Å². The Hall–Kier alpha value is -3.77. The molecule has 3 heterocycles. The van der Waals surface area contributed by atoms with Crippen molar-refractivity contribution < 1.29 is 69.0 Å². The third-order valence-electron chi connectivity index (χ3n) is 8.41. The highest BCUT2D eigenvalue weighted by Gasteiger charge is 2.51. The fourth-order valence-electron chi connectivity index (χ4n) is 5.61. The van der Waals surface area contributed by atoms with E-state index in [0.29, 0.717) is 11.3 Å². The molecule has 0 aliphatic carbocycles. The SMILES string of the molecule is COc1ccc(-c2oc3c(CC=C(C)C)c(O)cc(O)c3c(=O)c2O[C@@H]2O[C@H](C)[C@@H](O)[C@H](O)[C@@H]2O[C@@H]2O[C@H](CO)[C@@H](O)[C@H](O)[C@H]2O)cc1. The van der Waals surface area contributed by atoms with E-state index < -0.39 is 84.9 Å². The number of fused-ring (bicyclic) bond motifs is 1. The summed E-state index contributed by atoms with van der Waals surface area (Å²) in [6, 6.07) is 7.34. The summed E-state index contributed by atoms with van der Waals surface area (Å²) in [5, 5.41) is 83.7. The van der Waals surface area contributed by atoms with E-state index in [1.807, 2.05) is 13.8 Å². The van der Waals surface area contributed by atoms with Crippen LogP contribution < -0.4 is 14.9 Å². The number of ether oxygens (including phenoxy) is 5. The predicted octanol–water partition coefficient (Wildman–Crippen LogP) is 0.419. The highest BCUT2D eigenvalue weighted by atomic mass is 16.8. The molecule has 2 saturated heterocycles. The van der Waals surface area contributed by atoms with Crippen molar-refractivity contribution in [2.45, 2.75) is 88.6 Å². The molecule has 262 valence electrons. The molecule has 2 aromatic carbocycles. The van der Waals surface area contributed by atoms with Crippen LogP contribution >= 0.6 is 0 Å². The van der Waals surface area contributed by atoms with Crippen LogP contribution in [0.1, 0.15) is 26.3 Å². The predicted molar refractivity (Wildman–Crippen MR) is 167 cm³/mol. The van der Waals surface area contributed by atoms with Crippen molar-refractivity contribution in [2.24, 2.45) is 0 Å². The summed E-state index contributed by atoms with van der Waals surface area (Å²) in [5.41, 5.74) is 0.434. The molecule has 8 N–H and O–H groups in total. The maximum atomic E-state index is 14.3. The normalized spacial score (nSPS) is 30.6. The van der Waals surface area contributed by atoms with Gasteiger partial charge in [-0.3, -0.25) is 4.79 Å². The van der Waals surface area contributed by atoms with E-state index in [0.717, 1.165) is 11.6 Å². The smallest absolute Gasteiger partial charge is 0.239 e. The van der Waals surface area contributed by atoms with Crippen LogP contribution in [0.3, 0.4) is 0 Å². The maximum Gasteiger partial charge on any atom is 0.239 e. The Kier molecular flexibility index (Phi) is 10.6. The van der Waals surface area contributed by atoms with Crippen LogP contribution in [-0.4, -0.2) is 116 Å². The zero-order valence-electron chi connectivity index (χ0n) is 26.6. The van der Waals surface area contributed by atoms with Crippen LogP contribution in [0.15, 0.2) is 51.2 Å². The zero-order valence-corrected chi connectivity index (χ0v) is 26.6. The number of benzene rings is 2. The summed E-state index contributed by atoms with van der Waals surface area (Å²) in [6.07, 6.45) is -14.4. The van der Waals surface area contributed by atoms with Gasteiger partial charge in [0.05, 0.1) is 19.8 Å². The first-order chi connectivity index (χ1) is 22.8. The molecule has 0 saturated carbocycles. The van der Waals surface area contributed by atoms with Gasteiger partial charge >= 0.3 is 0 Å². The van der Waals surface area contributed by atoms with Gasteiger partial charge in [-0.05, 0) is 51.5 Å². The van der Waals surface area contributed by atoms with E-state index in [-0.39, 0.29) is 34.5 Å². The minimum absolute atomic E-state index is 0.115. The summed E-state index contributed by atoms with van der Waals surface area (Å²) in [4.78, 5) is 14.3. The second-order valence-corrected chi connectivity index (χ2v) is 12.0. The van der Waals surface area contributed by atoms with Crippen molar-refractivity contribution in [3.8, 4) is 34.3 Å². The first-order valence-corrected chi connectivity index (χ1v) is 15.2. The highest BCUT2D eigenvalue weighted by molar-refractivity contribution is 5.91. The van der Waals surface area contributed by atoms with Crippen molar-refractivity contribution in [1.29, 1.82) is 0 Å². The molecule has 0 unspecified atom stereocenters.